The van der Waals surface area contributed by atoms with Gasteiger partial charge in [-0.1, -0.05) is 48.2 Å². The summed E-state index contributed by atoms with van der Waals surface area (Å²) in [6.45, 7) is -0.313. The van der Waals surface area contributed by atoms with E-state index in [4.69, 9.17) is 0 Å². The fraction of sp³-hybridized carbons (Fsp3) is 0.200. The quantitative estimate of drug-likeness (QED) is 0.329. The van der Waals surface area contributed by atoms with Gasteiger partial charge in [-0.05, 0) is 23.3 Å². The SMILES string of the molecule is O=[N+]([O-])CCc1c(Sc2[nH]c3ccccc3c2CC[N+](=O)[O-])[nH]c2ccccc12. The molecule has 2 aromatic heterocycles. The number of benzene rings is 2. The Morgan fingerprint density at radius 2 is 1.14 bits per heavy atom. The average Bonchev–Trinajstić information content (AvgIpc) is 3.22. The van der Waals surface area contributed by atoms with Gasteiger partial charge in [0.2, 0.25) is 13.1 Å². The van der Waals surface area contributed by atoms with Crippen molar-refractivity contribution in [1.29, 1.82) is 0 Å². The number of H-pyrrole nitrogens is 2. The van der Waals surface area contributed by atoms with Crippen LogP contribution in [-0.4, -0.2) is 32.9 Å². The summed E-state index contributed by atoms with van der Waals surface area (Å²) in [5.74, 6) is 0. The highest BCUT2D eigenvalue weighted by molar-refractivity contribution is 7.99. The van der Waals surface area contributed by atoms with Crippen LogP contribution in [0.4, 0.5) is 0 Å². The fourth-order valence-corrected chi connectivity index (χ4v) is 4.73. The van der Waals surface area contributed by atoms with E-state index in [1.165, 1.54) is 11.8 Å². The molecule has 0 unspecified atom stereocenters. The second-order valence-electron chi connectivity index (χ2n) is 6.67. The van der Waals surface area contributed by atoms with E-state index in [0.29, 0.717) is 12.8 Å². The van der Waals surface area contributed by atoms with Gasteiger partial charge in [0.25, 0.3) is 0 Å². The Kier molecular flexibility index (Phi) is 5.22. The smallest absolute Gasteiger partial charge is 0.208 e. The van der Waals surface area contributed by atoms with Crippen LogP contribution in [0.5, 0.6) is 0 Å². The van der Waals surface area contributed by atoms with Crippen LogP contribution in [0.2, 0.25) is 0 Å². The van der Waals surface area contributed by atoms with Crippen LogP contribution >= 0.6 is 11.8 Å². The minimum absolute atomic E-state index is 0.156. The second-order valence-corrected chi connectivity index (χ2v) is 7.69. The van der Waals surface area contributed by atoms with E-state index >= 15 is 0 Å². The highest BCUT2D eigenvalue weighted by atomic mass is 32.2. The lowest BCUT2D eigenvalue weighted by atomic mass is 10.1. The third-order valence-corrected chi connectivity index (χ3v) is 5.95. The van der Waals surface area contributed by atoms with Crippen LogP contribution in [0, 0.1) is 20.2 Å². The molecule has 0 amide bonds. The molecule has 8 nitrogen and oxygen atoms in total. The van der Waals surface area contributed by atoms with Gasteiger partial charge >= 0.3 is 0 Å². The molecular formula is C20H18N4O4S. The summed E-state index contributed by atoms with van der Waals surface area (Å²) in [7, 11) is 0. The summed E-state index contributed by atoms with van der Waals surface area (Å²) in [5, 5.41) is 25.4. The fourth-order valence-electron chi connectivity index (χ4n) is 3.53. The summed E-state index contributed by atoms with van der Waals surface area (Å²) >= 11 is 1.44. The molecule has 9 heteroatoms. The molecule has 2 heterocycles. The first kappa shape index (κ1) is 19.0. The molecule has 0 saturated carbocycles. The van der Waals surface area contributed by atoms with Crippen molar-refractivity contribution >= 4 is 33.6 Å². The maximum atomic E-state index is 10.9. The molecule has 0 aliphatic heterocycles. The molecule has 2 aromatic carbocycles. The summed E-state index contributed by atoms with van der Waals surface area (Å²) in [5.41, 5.74) is 3.61. The predicted molar refractivity (Wildman–Crippen MR) is 112 cm³/mol. The lowest BCUT2D eigenvalue weighted by Crippen LogP contribution is -2.05. The van der Waals surface area contributed by atoms with E-state index in [-0.39, 0.29) is 22.9 Å². The Morgan fingerprint density at radius 3 is 1.55 bits per heavy atom. The van der Waals surface area contributed by atoms with E-state index in [2.05, 4.69) is 9.97 Å². The second kappa shape index (κ2) is 7.96. The lowest BCUT2D eigenvalue weighted by molar-refractivity contribution is -0.479. The summed E-state index contributed by atoms with van der Waals surface area (Å²) in [4.78, 5) is 28.0. The Hall–Kier alpha value is -3.33. The van der Waals surface area contributed by atoms with Crippen molar-refractivity contribution in [2.75, 3.05) is 13.1 Å². The van der Waals surface area contributed by atoms with Gasteiger partial charge in [-0.3, -0.25) is 20.2 Å². The first-order valence-electron chi connectivity index (χ1n) is 9.13. The Morgan fingerprint density at radius 1 is 0.724 bits per heavy atom. The number of nitro groups is 2. The minimum Gasteiger partial charge on any atom is -0.349 e. The largest absolute Gasteiger partial charge is 0.349 e. The number of para-hydroxylation sites is 2. The first-order valence-corrected chi connectivity index (χ1v) is 9.95. The van der Waals surface area contributed by atoms with Crippen molar-refractivity contribution in [3.8, 4) is 0 Å². The molecule has 0 atom stereocenters. The average molecular weight is 410 g/mol. The maximum absolute atomic E-state index is 10.9. The van der Waals surface area contributed by atoms with Gasteiger partial charge in [0, 0.05) is 44.5 Å². The zero-order valence-electron chi connectivity index (χ0n) is 15.4. The third kappa shape index (κ3) is 3.95. The predicted octanol–water partition coefficient (Wildman–Crippen LogP) is 4.44. The highest BCUT2D eigenvalue weighted by Gasteiger charge is 2.19. The number of hydrogen-bond donors (Lipinski definition) is 2. The van der Waals surface area contributed by atoms with Gasteiger partial charge in [0.05, 0.1) is 10.1 Å². The van der Waals surface area contributed by atoms with Crippen LogP contribution in [0.1, 0.15) is 11.1 Å². The molecular weight excluding hydrogens is 392 g/mol. The van der Waals surface area contributed by atoms with E-state index in [0.717, 1.165) is 43.0 Å². The van der Waals surface area contributed by atoms with Crippen LogP contribution in [-0.2, 0) is 12.8 Å². The van der Waals surface area contributed by atoms with E-state index in [9.17, 15) is 20.2 Å². The molecule has 148 valence electrons. The molecule has 0 saturated heterocycles. The van der Waals surface area contributed by atoms with Crippen LogP contribution in [0.15, 0.2) is 58.6 Å². The van der Waals surface area contributed by atoms with Crippen LogP contribution in [0.25, 0.3) is 21.8 Å². The number of rotatable bonds is 8. The first-order chi connectivity index (χ1) is 14.0. The van der Waals surface area contributed by atoms with Crippen molar-refractivity contribution in [2.45, 2.75) is 22.9 Å². The number of nitrogens with zero attached hydrogens (tertiary/aromatic N) is 2. The van der Waals surface area contributed by atoms with Gasteiger partial charge in [-0.25, -0.2) is 0 Å². The van der Waals surface area contributed by atoms with Crippen molar-refractivity contribution in [2.24, 2.45) is 0 Å². The molecule has 0 aliphatic carbocycles. The number of aromatic amines is 2. The van der Waals surface area contributed by atoms with E-state index in [1.54, 1.807) is 0 Å². The number of aromatic nitrogens is 2. The Labute approximate surface area is 169 Å². The summed E-state index contributed by atoms with van der Waals surface area (Å²) in [6, 6.07) is 15.4. The highest BCUT2D eigenvalue weighted by Crippen LogP contribution is 2.38. The maximum Gasteiger partial charge on any atom is 0.208 e. The van der Waals surface area contributed by atoms with Gasteiger partial charge in [0.1, 0.15) is 0 Å². The van der Waals surface area contributed by atoms with Crippen molar-refractivity contribution in [3.63, 3.8) is 0 Å². The number of nitrogens with one attached hydrogen (secondary N) is 2. The Balaban J connectivity index is 1.77. The molecule has 2 N–H and O–H groups in total. The van der Waals surface area contributed by atoms with Gasteiger partial charge in [-0.2, -0.15) is 0 Å². The van der Waals surface area contributed by atoms with Crippen LogP contribution in [0.3, 0.4) is 0 Å². The molecule has 0 aliphatic rings. The number of hydrogen-bond acceptors (Lipinski definition) is 5. The molecule has 4 rings (SSSR count). The normalized spacial score (nSPS) is 11.3. The topological polar surface area (TPSA) is 118 Å². The summed E-state index contributed by atoms with van der Waals surface area (Å²) < 4.78 is 0. The lowest BCUT2D eigenvalue weighted by Gasteiger charge is -2.04. The van der Waals surface area contributed by atoms with Crippen molar-refractivity contribution in [1.82, 2.24) is 9.97 Å². The monoisotopic (exact) mass is 410 g/mol. The summed E-state index contributed by atoms with van der Waals surface area (Å²) in [6.07, 6.45) is 0.619. The minimum atomic E-state index is -0.318. The molecule has 4 aromatic rings. The third-order valence-electron chi connectivity index (χ3n) is 4.84. The van der Waals surface area contributed by atoms with Crippen molar-refractivity contribution < 1.29 is 9.85 Å². The molecule has 0 fully saturated rings. The Bertz CT molecular complexity index is 1120. The van der Waals surface area contributed by atoms with E-state index in [1.807, 2.05) is 48.5 Å². The molecule has 0 bridgehead atoms. The zero-order valence-corrected chi connectivity index (χ0v) is 16.2. The van der Waals surface area contributed by atoms with E-state index < -0.39 is 0 Å². The van der Waals surface area contributed by atoms with Gasteiger partial charge in [-0.15, -0.1) is 0 Å². The zero-order chi connectivity index (χ0) is 20.4. The number of fused-ring (bicyclic) bond motifs is 2. The van der Waals surface area contributed by atoms with Gasteiger partial charge < -0.3 is 9.97 Å². The van der Waals surface area contributed by atoms with Gasteiger partial charge in [0.15, 0.2) is 0 Å². The molecule has 0 radical (unpaired) electrons. The van der Waals surface area contributed by atoms with Crippen molar-refractivity contribution in [3.05, 3.63) is 79.9 Å². The van der Waals surface area contributed by atoms with Crippen LogP contribution < -0.4 is 0 Å². The molecule has 29 heavy (non-hydrogen) atoms. The standard InChI is InChI=1S/C20H18N4O4S/c25-23(26)11-9-15-13-5-1-3-7-17(13)21-19(15)29-20-16(10-12-24(27)28)14-6-2-4-8-18(14)22-20/h1-8,21-22H,9-12H2. The molecule has 0 spiro atoms.